The zero-order valence-electron chi connectivity index (χ0n) is 21.0. The summed E-state index contributed by atoms with van der Waals surface area (Å²) in [6.45, 7) is 0.269. The molecule has 3 atom stereocenters. The Balaban J connectivity index is 1.45. The van der Waals surface area contributed by atoms with E-state index < -0.39 is 5.91 Å². The average molecular weight is 498 g/mol. The molecule has 0 spiro atoms. The quantitative estimate of drug-likeness (QED) is 0.484. The highest BCUT2D eigenvalue weighted by molar-refractivity contribution is 6.07. The number of benzene rings is 1. The van der Waals surface area contributed by atoms with Crippen LogP contribution in [0.5, 0.6) is 5.75 Å². The highest BCUT2D eigenvalue weighted by Crippen LogP contribution is 2.37. The molecule has 1 aliphatic heterocycles. The van der Waals surface area contributed by atoms with Crippen molar-refractivity contribution in [3.8, 4) is 17.6 Å². The fourth-order valence-electron chi connectivity index (χ4n) is 5.23. The highest BCUT2D eigenvalue weighted by Gasteiger charge is 2.42. The minimum Gasteiger partial charge on any atom is -0.495 e. The van der Waals surface area contributed by atoms with Gasteiger partial charge in [0, 0.05) is 11.8 Å². The third-order valence-corrected chi connectivity index (χ3v) is 7.18. The van der Waals surface area contributed by atoms with Gasteiger partial charge in [-0.15, -0.1) is 0 Å². The van der Waals surface area contributed by atoms with Crippen LogP contribution in [0.4, 0.5) is 0 Å². The van der Waals surface area contributed by atoms with E-state index in [2.05, 4.69) is 41.5 Å². The molecule has 1 aromatic heterocycles. The van der Waals surface area contributed by atoms with Crippen molar-refractivity contribution in [2.24, 2.45) is 16.9 Å². The minimum absolute atomic E-state index is 0.0147. The van der Waals surface area contributed by atoms with Gasteiger partial charge in [-0.3, -0.25) is 9.59 Å². The topological polar surface area (TPSA) is 84.1 Å². The monoisotopic (exact) mass is 497 g/mol. The molecular formula is C30H31N3O4. The zero-order valence-corrected chi connectivity index (χ0v) is 21.0. The number of hydrazone groups is 1. The molecule has 0 unspecified atom stereocenters. The van der Waals surface area contributed by atoms with Crippen molar-refractivity contribution >= 4 is 17.5 Å². The molecule has 0 fully saturated rings. The third kappa shape index (κ3) is 5.54. The van der Waals surface area contributed by atoms with Crippen LogP contribution >= 0.6 is 0 Å². The number of amides is 2. The summed E-state index contributed by atoms with van der Waals surface area (Å²) in [5.41, 5.74) is 2.39. The molecule has 0 saturated heterocycles. The molecule has 37 heavy (non-hydrogen) atoms. The standard InChI is InChI=1S/C30H31N3O4/c1-36-27-16-14-22(19-21(27)15-17-28(34)31-20-24-11-8-18-37-24)29-25-12-6-7-13-26(25)30(35)33(32-29)23-9-4-2-3-5-10-23/h2,4,6-8,11,14,16,18-19,23,25-26H,3,5,9-10,12-13,20H2,1H3,(H,31,34)/t23-,25+,26-/m1/s1. The van der Waals surface area contributed by atoms with Crippen LogP contribution in [0.1, 0.15) is 55.4 Å². The number of rotatable bonds is 5. The molecule has 0 radical (unpaired) electrons. The van der Waals surface area contributed by atoms with Crippen molar-refractivity contribution in [3.63, 3.8) is 0 Å². The lowest BCUT2D eigenvalue weighted by Gasteiger charge is -2.40. The summed E-state index contributed by atoms with van der Waals surface area (Å²) in [6, 6.07) is 9.37. The lowest BCUT2D eigenvalue weighted by molar-refractivity contribution is -0.140. The number of furan rings is 1. The maximum atomic E-state index is 13.5. The summed E-state index contributed by atoms with van der Waals surface area (Å²) in [5.74, 6) is 6.46. The number of allylic oxidation sites excluding steroid dienone is 3. The van der Waals surface area contributed by atoms with E-state index in [1.165, 1.54) is 0 Å². The summed E-state index contributed by atoms with van der Waals surface area (Å²) in [4.78, 5) is 25.8. The fraction of sp³-hybridized carbons (Fsp3) is 0.367. The molecule has 0 saturated carbocycles. The molecule has 1 N–H and O–H groups in total. The molecule has 7 nitrogen and oxygen atoms in total. The van der Waals surface area contributed by atoms with Gasteiger partial charge >= 0.3 is 0 Å². The Hall–Kier alpha value is -4.05. The Morgan fingerprint density at radius 2 is 2.00 bits per heavy atom. The first kappa shape index (κ1) is 24.6. The fourth-order valence-corrected chi connectivity index (χ4v) is 5.23. The zero-order chi connectivity index (χ0) is 25.6. The number of hydrogen-bond donors (Lipinski definition) is 1. The molecule has 0 bridgehead atoms. The normalized spacial score (nSPS) is 22.8. The second kappa shape index (κ2) is 11.3. The van der Waals surface area contributed by atoms with Crippen LogP contribution in [0, 0.1) is 23.7 Å². The van der Waals surface area contributed by atoms with Gasteiger partial charge in [0.15, 0.2) is 0 Å². The van der Waals surface area contributed by atoms with E-state index in [-0.39, 0.29) is 30.3 Å². The summed E-state index contributed by atoms with van der Waals surface area (Å²) >= 11 is 0. The second-order valence-corrected chi connectivity index (χ2v) is 9.54. The minimum atomic E-state index is -0.408. The second-order valence-electron chi connectivity index (χ2n) is 9.54. The van der Waals surface area contributed by atoms with Crippen LogP contribution in [-0.4, -0.2) is 35.7 Å². The van der Waals surface area contributed by atoms with E-state index >= 15 is 0 Å². The Kier molecular flexibility index (Phi) is 7.55. The summed E-state index contributed by atoms with van der Waals surface area (Å²) in [5, 5.41) is 9.47. The summed E-state index contributed by atoms with van der Waals surface area (Å²) < 4.78 is 10.8. The van der Waals surface area contributed by atoms with Gasteiger partial charge in [-0.2, -0.15) is 5.10 Å². The number of ether oxygens (including phenoxy) is 1. The van der Waals surface area contributed by atoms with Crippen molar-refractivity contribution in [2.75, 3.05) is 7.11 Å². The molecule has 5 rings (SSSR count). The molecular weight excluding hydrogens is 466 g/mol. The van der Waals surface area contributed by atoms with Gasteiger partial charge < -0.3 is 14.5 Å². The molecule has 2 aliphatic carbocycles. The SMILES string of the molecule is COc1ccc(C2=NN([C@@H]3CC=CCCC3)C(=O)[C@@H]3CC=CC[C@H]23)cc1C#CC(=O)NCc1ccco1. The maximum Gasteiger partial charge on any atom is 0.296 e. The van der Waals surface area contributed by atoms with Crippen LogP contribution < -0.4 is 10.1 Å². The first-order valence-electron chi connectivity index (χ1n) is 12.9. The lowest BCUT2D eigenvalue weighted by Crippen LogP contribution is -2.49. The van der Waals surface area contributed by atoms with E-state index in [0.717, 1.165) is 49.8 Å². The van der Waals surface area contributed by atoms with Gasteiger partial charge in [-0.1, -0.05) is 30.2 Å². The summed E-state index contributed by atoms with van der Waals surface area (Å²) in [7, 11) is 1.58. The first-order valence-corrected chi connectivity index (χ1v) is 12.9. The number of hydrogen-bond acceptors (Lipinski definition) is 5. The Morgan fingerprint density at radius 3 is 2.81 bits per heavy atom. The lowest BCUT2D eigenvalue weighted by atomic mass is 9.76. The number of nitrogens with one attached hydrogen (secondary N) is 1. The average Bonchev–Trinajstić information content (AvgIpc) is 3.32. The predicted octanol–water partition coefficient (Wildman–Crippen LogP) is 4.58. The number of carbonyl (C=O) groups excluding carboxylic acids is 2. The van der Waals surface area contributed by atoms with E-state index in [4.69, 9.17) is 14.3 Å². The molecule has 2 aromatic rings. The van der Waals surface area contributed by atoms with Crippen molar-refractivity contribution in [2.45, 2.75) is 51.1 Å². The van der Waals surface area contributed by atoms with E-state index in [1.807, 2.05) is 18.2 Å². The van der Waals surface area contributed by atoms with Crippen LogP contribution in [0.3, 0.4) is 0 Å². The number of methoxy groups -OCH3 is 1. The molecule has 2 amide bonds. The van der Waals surface area contributed by atoms with Crippen molar-refractivity contribution < 1.29 is 18.7 Å². The van der Waals surface area contributed by atoms with Crippen molar-refractivity contribution in [1.29, 1.82) is 0 Å². The number of carbonyl (C=O) groups is 2. The molecule has 2 heterocycles. The smallest absolute Gasteiger partial charge is 0.296 e. The highest BCUT2D eigenvalue weighted by atomic mass is 16.5. The molecule has 1 aromatic carbocycles. The van der Waals surface area contributed by atoms with Gasteiger partial charge in [-0.05, 0) is 74.4 Å². The third-order valence-electron chi connectivity index (χ3n) is 7.18. The van der Waals surface area contributed by atoms with Gasteiger partial charge in [0.25, 0.3) is 5.91 Å². The Bertz CT molecular complexity index is 1300. The summed E-state index contributed by atoms with van der Waals surface area (Å²) in [6.07, 6.45) is 15.5. The molecule has 7 heteroatoms. The van der Waals surface area contributed by atoms with Crippen LogP contribution in [0.25, 0.3) is 0 Å². The first-order chi connectivity index (χ1) is 18.1. The van der Waals surface area contributed by atoms with E-state index in [0.29, 0.717) is 17.1 Å². The predicted molar refractivity (Wildman–Crippen MR) is 141 cm³/mol. The van der Waals surface area contributed by atoms with Crippen molar-refractivity contribution in [3.05, 3.63) is 77.8 Å². The number of fused-ring (bicyclic) bond motifs is 1. The van der Waals surface area contributed by atoms with Gasteiger partial charge in [0.1, 0.15) is 11.5 Å². The maximum absolute atomic E-state index is 13.5. The van der Waals surface area contributed by atoms with E-state index in [9.17, 15) is 9.59 Å². The van der Waals surface area contributed by atoms with Crippen LogP contribution in [0.15, 0.2) is 70.4 Å². The molecule has 190 valence electrons. The largest absolute Gasteiger partial charge is 0.495 e. The van der Waals surface area contributed by atoms with Gasteiger partial charge in [-0.25, -0.2) is 5.01 Å². The Labute approximate surface area is 217 Å². The van der Waals surface area contributed by atoms with Crippen LogP contribution in [0.2, 0.25) is 0 Å². The van der Waals surface area contributed by atoms with Crippen molar-refractivity contribution in [1.82, 2.24) is 10.3 Å². The van der Waals surface area contributed by atoms with Gasteiger partial charge in [0.05, 0.1) is 43.2 Å². The number of nitrogens with zero attached hydrogens (tertiary/aromatic N) is 2. The molecule has 3 aliphatic rings. The Morgan fingerprint density at radius 1 is 1.16 bits per heavy atom. The van der Waals surface area contributed by atoms with Gasteiger partial charge in [0.2, 0.25) is 5.91 Å². The van der Waals surface area contributed by atoms with E-state index in [1.54, 1.807) is 30.5 Å². The van der Waals surface area contributed by atoms with Crippen LogP contribution in [-0.2, 0) is 16.1 Å².